The van der Waals surface area contributed by atoms with Gasteiger partial charge in [-0.1, -0.05) is 266 Å². The van der Waals surface area contributed by atoms with Crippen molar-refractivity contribution in [3.05, 3.63) is 97.2 Å². The van der Waals surface area contributed by atoms with Gasteiger partial charge in [0.05, 0.1) is 0 Å². The van der Waals surface area contributed by atoms with Gasteiger partial charge in [0.1, 0.15) is 13.2 Å². The fraction of sp³-hybridized carbons (Fsp3) is 0.721. The Labute approximate surface area is 457 Å². The molecule has 0 N–H and O–H groups in total. The Bertz CT molecular complexity index is 1460. The largest absolute Gasteiger partial charge is 0.462 e. The average Bonchev–Trinajstić information content (AvgIpc) is 3.40. The minimum absolute atomic E-state index is 0.103. The van der Waals surface area contributed by atoms with Crippen LogP contribution in [0.4, 0.5) is 0 Å². The maximum atomic E-state index is 12.9. The summed E-state index contributed by atoms with van der Waals surface area (Å²) in [6.45, 7) is 6.48. The Morgan fingerprint density at radius 1 is 0.284 bits per heavy atom. The summed E-state index contributed by atoms with van der Waals surface area (Å²) < 4.78 is 16.9. The van der Waals surface area contributed by atoms with E-state index in [0.717, 1.165) is 77.0 Å². The lowest BCUT2D eigenvalue weighted by Crippen LogP contribution is -2.30. The molecule has 1 unspecified atom stereocenters. The molecule has 0 aromatic rings. The molecule has 0 saturated carbocycles. The van der Waals surface area contributed by atoms with Crippen LogP contribution in [0.2, 0.25) is 0 Å². The molecule has 0 radical (unpaired) electrons. The van der Waals surface area contributed by atoms with Crippen LogP contribution in [-0.2, 0) is 28.6 Å². The summed E-state index contributed by atoms with van der Waals surface area (Å²) in [4.78, 5) is 38.3. The van der Waals surface area contributed by atoms with Crippen molar-refractivity contribution in [1.29, 1.82) is 0 Å². The van der Waals surface area contributed by atoms with Crippen LogP contribution in [0.5, 0.6) is 0 Å². The van der Waals surface area contributed by atoms with Crippen molar-refractivity contribution in [3.8, 4) is 0 Å². The first-order valence-corrected chi connectivity index (χ1v) is 31.2. The second-order valence-electron chi connectivity index (χ2n) is 20.6. The lowest BCUT2D eigenvalue weighted by Gasteiger charge is -2.18. The van der Waals surface area contributed by atoms with Crippen LogP contribution in [0.15, 0.2) is 97.2 Å². The van der Waals surface area contributed by atoms with E-state index in [0.29, 0.717) is 19.3 Å². The summed E-state index contributed by atoms with van der Waals surface area (Å²) in [7, 11) is 0. The maximum absolute atomic E-state index is 12.9. The van der Waals surface area contributed by atoms with Crippen molar-refractivity contribution < 1.29 is 28.6 Å². The highest BCUT2D eigenvalue weighted by Crippen LogP contribution is 2.15. The molecule has 0 rings (SSSR count). The van der Waals surface area contributed by atoms with E-state index in [9.17, 15) is 14.4 Å². The quantitative estimate of drug-likeness (QED) is 0.0261. The lowest BCUT2D eigenvalue weighted by atomic mass is 10.1. The van der Waals surface area contributed by atoms with E-state index < -0.39 is 6.10 Å². The van der Waals surface area contributed by atoms with Gasteiger partial charge in [-0.15, -0.1) is 0 Å². The van der Waals surface area contributed by atoms with Crippen LogP contribution in [0, 0.1) is 0 Å². The fourth-order valence-electron chi connectivity index (χ4n) is 8.64. The molecular formula is C68H116O6. The van der Waals surface area contributed by atoms with Crippen molar-refractivity contribution in [3.63, 3.8) is 0 Å². The predicted molar refractivity (Wildman–Crippen MR) is 320 cm³/mol. The van der Waals surface area contributed by atoms with Gasteiger partial charge in [-0.05, 0) is 109 Å². The third kappa shape index (κ3) is 59.2. The van der Waals surface area contributed by atoms with Gasteiger partial charge in [-0.2, -0.15) is 0 Å². The Kier molecular flexibility index (Phi) is 58.8. The molecule has 0 aromatic carbocycles. The van der Waals surface area contributed by atoms with Crippen LogP contribution in [0.1, 0.15) is 297 Å². The topological polar surface area (TPSA) is 78.9 Å². The van der Waals surface area contributed by atoms with Crippen LogP contribution in [-0.4, -0.2) is 37.2 Å². The molecule has 0 aliphatic rings. The molecule has 0 fully saturated rings. The third-order valence-corrected chi connectivity index (χ3v) is 13.3. The summed E-state index contributed by atoms with van der Waals surface area (Å²) in [6, 6.07) is 0. The SMILES string of the molecule is CC/C=C\C/C=C\C/C=C\C/C=C\C/C=C\C/C=C\CCC(=O)OCC(COC(=O)CCCCCCCCC/C=C\CCCCCCCCC)OC(=O)CCCCCCCCCCC/C=C\CCCCCCCC. The highest BCUT2D eigenvalue weighted by Gasteiger charge is 2.19. The minimum Gasteiger partial charge on any atom is -0.462 e. The monoisotopic (exact) mass is 1030 g/mol. The van der Waals surface area contributed by atoms with Crippen molar-refractivity contribution in [2.24, 2.45) is 0 Å². The van der Waals surface area contributed by atoms with Crippen LogP contribution in [0.25, 0.3) is 0 Å². The zero-order valence-electron chi connectivity index (χ0n) is 48.6. The molecule has 0 amide bonds. The normalized spacial score (nSPS) is 12.7. The number of carbonyl (C=O) groups excluding carboxylic acids is 3. The van der Waals surface area contributed by atoms with Gasteiger partial charge in [0.15, 0.2) is 6.10 Å². The Morgan fingerprint density at radius 3 is 0.905 bits per heavy atom. The van der Waals surface area contributed by atoms with Gasteiger partial charge < -0.3 is 14.2 Å². The van der Waals surface area contributed by atoms with Crippen molar-refractivity contribution in [1.82, 2.24) is 0 Å². The van der Waals surface area contributed by atoms with E-state index in [1.807, 2.05) is 6.08 Å². The van der Waals surface area contributed by atoms with Crippen molar-refractivity contribution in [2.75, 3.05) is 13.2 Å². The van der Waals surface area contributed by atoms with Gasteiger partial charge in [-0.3, -0.25) is 14.4 Å². The first kappa shape index (κ1) is 70.3. The molecule has 6 heteroatoms. The number of hydrogen-bond acceptors (Lipinski definition) is 6. The van der Waals surface area contributed by atoms with E-state index in [2.05, 4.69) is 112 Å². The van der Waals surface area contributed by atoms with E-state index in [1.54, 1.807) is 0 Å². The van der Waals surface area contributed by atoms with Gasteiger partial charge in [0.25, 0.3) is 0 Å². The molecule has 74 heavy (non-hydrogen) atoms. The number of unbranched alkanes of at least 4 members (excludes halogenated alkanes) is 29. The molecule has 0 bridgehead atoms. The molecule has 0 spiro atoms. The number of esters is 3. The van der Waals surface area contributed by atoms with Gasteiger partial charge in [0, 0.05) is 19.3 Å². The zero-order chi connectivity index (χ0) is 53.6. The summed E-state index contributed by atoms with van der Waals surface area (Å²) in [5.74, 6) is -0.989. The first-order chi connectivity index (χ1) is 36.5. The summed E-state index contributed by atoms with van der Waals surface area (Å²) in [6.07, 6.45) is 82.7. The number of hydrogen-bond donors (Lipinski definition) is 0. The second-order valence-corrected chi connectivity index (χ2v) is 20.6. The smallest absolute Gasteiger partial charge is 0.306 e. The van der Waals surface area contributed by atoms with Gasteiger partial charge >= 0.3 is 17.9 Å². The van der Waals surface area contributed by atoms with Crippen molar-refractivity contribution >= 4 is 17.9 Å². The second kappa shape index (κ2) is 61.9. The van der Waals surface area contributed by atoms with Crippen LogP contribution in [0.3, 0.4) is 0 Å². The summed E-state index contributed by atoms with van der Waals surface area (Å²) >= 11 is 0. The molecule has 0 saturated heterocycles. The van der Waals surface area contributed by atoms with Crippen LogP contribution < -0.4 is 0 Å². The molecule has 0 heterocycles. The average molecular weight is 1030 g/mol. The Morgan fingerprint density at radius 2 is 0.554 bits per heavy atom. The first-order valence-electron chi connectivity index (χ1n) is 31.2. The number of ether oxygens (including phenoxy) is 3. The van der Waals surface area contributed by atoms with Gasteiger partial charge in [0.2, 0.25) is 0 Å². The molecule has 6 nitrogen and oxygen atoms in total. The summed E-state index contributed by atoms with van der Waals surface area (Å²) in [5, 5.41) is 0. The fourth-order valence-corrected chi connectivity index (χ4v) is 8.64. The minimum atomic E-state index is -0.813. The number of rotatable bonds is 56. The van der Waals surface area contributed by atoms with E-state index in [4.69, 9.17) is 14.2 Å². The molecule has 0 aliphatic heterocycles. The lowest BCUT2D eigenvalue weighted by molar-refractivity contribution is -0.166. The Hall–Kier alpha value is -3.67. The van der Waals surface area contributed by atoms with E-state index in [-0.39, 0.29) is 37.5 Å². The summed E-state index contributed by atoms with van der Waals surface area (Å²) in [5.41, 5.74) is 0. The van der Waals surface area contributed by atoms with Gasteiger partial charge in [-0.25, -0.2) is 0 Å². The third-order valence-electron chi connectivity index (χ3n) is 13.3. The standard InChI is InChI=1S/C68H116O6/c1-4-7-10-13-16-19-22-25-28-31-34-37-40-43-46-49-52-55-58-61-67(70)73-64-65(63-72-66(69)60-57-54-51-48-45-42-39-36-33-30-27-24-21-18-15-12-9-6-3)74-68(71)62-59-56-53-50-47-44-41-38-35-32-29-26-23-20-17-14-11-8-5-2/h7,10,16,19,25-26,28-30,33-34,37,43,46,52,55,65H,4-6,8-9,11-15,17-18,20-24,27,31-32,35-36,38-42,44-45,47-51,53-54,56-64H2,1-3H3/b10-7-,19-16-,28-25-,29-26-,33-30-,37-34-,46-43-,55-52-. The zero-order valence-corrected chi connectivity index (χ0v) is 48.6. The van der Waals surface area contributed by atoms with E-state index in [1.165, 1.54) is 173 Å². The molecular weight excluding hydrogens is 913 g/mol. The number of allylic oxidation sites excluding steroid dienone is 16. The maximum Gasteiger partial charge on any atom is 0.306 e. The molecule has 1 atom stereocenters. The highest BCUT2D eigenvalue weighted by atomic mass is 16.6. The number of carbonyl (C=O) groups is 3. The van der Waals surface area contributed by atoms with E-state index >= 15 is 0 Å². The molecule has 0 aromatic heterocycles. The molecule has 0 aliphatic carbocycles. The van der Waals surface area contributed by atoms with Crippen molar-refractivity contribution in [2.45, 2.75) is 303 Å². The predicted octanol–water partition coefficient (Wildman–Crippen LogP) is 21.3. The molecule has 424 valence electrons. The highest BCUT2D eigenvalue weighted by molar-refractivity contribution is 5.71. The Balaban J connectivity index is 4.49. The van der Waals surface area contributed by atoms with Crippen LogP contribution >= 0.6 is 0 Å².